The molecule has 0 saturated heterocycles. The number of carbonyl (C=O) groups is 1. The van der Waals surface area contributed by atoms with Crippen LogP contribution < -0.4 is 5.43 Å². The van der Waals surface area contributed by atoms with Crippen molar-refractivity contribution < 1.29 is 9.90 Å². The molecule has 5 heteroatoms. The zero-order valence-corrected chi connectivity index (χ0v) is 10.2. The lowest BCUT2D eigenvalue weighted by atomic mass is 10.2. The first-order valence-corrected chi connectivity index (χ1v) is 5.69. The van der Waals surface area contributed by atoms with Gasteiger partial charge in [-0.25, -0.2) is 0 Å². The molecular formula is C12H18N2O3. The van der Waals surface area contributed by atoms with Gasteiger partial charge in [-0.05, 0) is 13.3 Å². The van der Waals surface area contributed by atoms with E-state index in [2.05, 4.69) is 4.98 Å². The van der Waals surface area contributed by atoms with Gasteiger partial charge in [0, 0.05) is 31.0 Å². The van der Waals surface area contributed by atoms with Gasteiger partial charge in [-0.3, -0.25) is 9.59 Å². The summed E-state index contributed by atoms with van der Waals surface area (Å²) in [5, 5.41) is 8.89. The van der Waals surface area contributed by atoms with Gasteiger partial charge in [-0.1, -0.05) is 6.92 Å². The number of aromatic amines is 1. The molecule has 0 radical (unpaired) electrons. The lowest BCUT2D eigenvalue weighted by Gasteiger charge is -2.20. The van der Waals surface area contributed by atoms with Crippen LogP contribution in [-0.2, 0) is 0 Å². The maximum absolute atomic E-state index is 12.1. The first kappa shape index (κ1) is 13.4. The Hall–Kier alpha value is -1.62. The molecule has 0 saturated carbocycles. The third-order valence-electron chi connectivity index (χ3n) is 2.44. The van der Waals surface area contributed by atoms with Gasteiger partial charge in [0.05, 0.1) is 6.61 Å². The fraction of sp³-hybridized carbons (Fsp3) is 0.500. The Kier molecular flexibility index (Phi) is 4.90. The molecule has 0 unspecified atom stereocenters. The minimum absolute atomic E-state index is 0.102. The summed E-state index contributed by atoms with van der Waals surface area (Å²) in [4.78, 5) is 28.1. The second-order valence-electron chi connectivity index (χ2n) is 3.91. The summed E-state index contributed by atoms with van der Waals surface area (Å²) < 4.78 is 0. The quantitative estimate of drug-likeness (QED) is 0.785. The fourth-order valence-corrected chi connectivity index (χ4v) is 1.62. The van der Waals surface area contributed by atoms with Crippen LogP contribution in [-0.4, -0.2) is 40.6 Å². The van der Waals surface area contributed by atoms with E-state index in [9.17, 15) is 9.59 Å². The Morgan fingerprint density at radius 2 is 2.18 bits per heavy atom. The summed E-state index contributed by atoms with van der Waals surface area (Å²) in [6.45, 7) is 4.38. The maximum atomic E-state index is 12.1. The standard InChI is InChI=1S/C12H18N2O3/c1-3-4-14(5-6-15)12(17)10-8-13-9(2)7-11(10)16/h7-8,15H,3-6H2,1-2H3,(H,13,16). The molecule has 2 N–H and O–H groups in total. The molecule has 0 bridgehead atoms. The summed E-state index contributed by atoms with van der Waals surface area (Å²) in [5.74, 6) is -0.331. The minimum atomic E-state index is -0.331. The largest absolute Gasteiger partial charge is 0.395 e. The van der Waals surface area contributed by atoms with Crippen LogP contribution in [0.25, 0.3) is 0 Å². The van der Waals surface area contributed by atoms with Crippen molar-refractivity contribution in [2.75, 3.05) is 19.7 Å². The summed E-state index contributed by atoms with van der Waals surface area (Å²) in [7, 11) is 0. The smallest absolute Gasteiger partial charge is 0.259 e. The number of aliphatic hydroxyl groups excluding tert-OH is 1. The molecule has 0 aliphatic rings. The number of carbonyl (C=O) groups excluding carboxylic acids is 1. The van der Waals surface area contributed by atoms with Crippen molar-refractivity contribution in [3.8, 4) is 0 Å². The molecule has 0 aromatic carbocycles. The summed E-state index contributed by atoms with van der Waals surface area (Å²) in [6, 6.07) is 1.40. The van der Waals surface area contributed by atoms with Gasteiger partial charge < -0.3 is 15.0 Å². The molecule has 1 amide bonds. The summed E-state index contributed by atoms with van der Waals surface area (Å²) >= 11 is 0. The van der Waals surface area contributed by atoms with E-state index in [0.29, 0.717) is 6.54 Å². The number of aromatic nitrogens is 1. The Morgan fingerprint density at radius 1 is 1.47 bits per heavy atom. The number of hydrogen-bond donors (Lipinski definition) is 2. The maximum Gasteiger partial charge on any atom is 0.259 e. The van der Waals surface area contributed by atoms with E-state index in [1.807, 2.05) is 6.92 Å². The number of nitrogens with zero attached hydrogens (tertiary/aromatic N) is 1. The van der Waals surface area contributed by atoms with E-state index >= 15 is 0 Å². The SMILES string of the molecule is CCCN(CCO)C(=O)c1c[nH]c(C)cc1=O. The van der Waals surface area contributed by atoms with E-state index < -0.39 is 0 Å². The van der Waals surface area contributed by atoms with E-state index in [1.54, 1.807) is 6.92 Å². The van der Waals surface area contributed by atoms with Crippen LogP contribution in [0.3, 0.4) is 0 Å². The third-order valence-corrected chi connectivity index (χ3v) is 2.44. The van der Waals surface area contributed by atoms with Gasteiger partial charge in [-0.2, -0.15) is 0 Å². The third kappa shape index (κ3) is 3.42. The number of H-pyrrole nitrogens is 1. The first-order valence-electron chi connectivity index (χ1n) is 5.69. The van der Waals surface area contributed by atoms with Crippen LogP contribution >= 0.6 is 0 Å². The molecule has 0 aliphatic carbocycles. The van der Waals surface area contributed by atoms with Crippen LogP contribution in [0.1, 0.15) is 29.4 Å². The van der Waals surface area contributed by atoms with Crippen LogP contribution in [0.15, 0.2) is 17.1 Å². The minimum Gasteiger partial charge on any atom is -0.395 e. The van der Waals surface area contributed by atoms with Crippen molar-refractivity contribution in [1.82, 2.24) is 9.88 Å². The monoisotopic (exact) mass is 238 g/mol. The number of rotatable bonds is 5. The van der Waals surface area contributed by atoms with Crippen LogP contribution in [0.4, 0.5) is 0 Å². The molecule has 1 heterocycles. The molecule has 0 aliphatic heterocycles. The lowest BCUT2D eigenvalue weighted by molar-refractivity contribution is 0.0720. The molecule has 5 nitrogen and oxygen atoms in total. The highest BCUT2D eigenvalue weighted by Crippen LogP contribution is 2.01. The summed E-state index contributed by atoms with van der Waals surface area (Å²) in [6.07, 6.45) is 2.22. The van der Waals surface area contributed by atoms with Crippen molar-refractivity contribution in [3.05, 3.63) is 33.7 Å². The Bertz CT molecular complexity index is 434. The average molecular weight is 238 g/mol. The number of aliphatic hydroxyl groups is 1. The lowest BCUT2D eigenvalue weighted by Crippen LogP contribution is -2.36. The van der Waals surface area contributed by atoms with Gasteiger partial charge in [-0.15, -0.1) is 0 Å². The zero-order chi connectivity index (χ0) is 12.8. The Balaban J connectivity index is 2.96. The molecule has 0 atom stereocenters. The van der Waals surface area contributed by atoms with Crippen LogP contribution in [0.2, 0.25) is 0 Å². The van der Waals surface area contributed by atoms with Crippen molar-refractivity contribution >= 4 is 5.91 Å². The predicted octanol–water partition coefficient (Wildman–Crippen LogP) is 0.528. The number of hydrogen-bond acceptors (Lipinski definition) is 3. The first-order chi connectivity index (χ1) is 8.10. The number of nitrogens with one attached hydrogen (secondary N) is 1. The van der Waals surface area contributed by atoms with Crippen molar-refractivity contribution in [1.29, 1.82) is 0 Å². The second-order valence-corrected chi connectivity index (χ2v) is 3.91. The van der Waals surface area contributed by atoms with Gasteiger partial charge in [0.1, 0.15) is 5.56 Å². The molecule has 94 valence electrons. The molecule has 0 spiro atoms. The molecule has 17 heavy (non-hydrogen) atoms. The number of aryl methyl sites for hydroxylation is 1. The van der Waals surface area contributed by atoms with Gasteiger partial charge >= 0.3 is 0 Å². The van der Waals surface area contributed by atoms with Gasteiger partial charge in [0.15, 0.2) is 5.43 Å². The highest BCUT2D eigenvalue weighted by Gasteiger charge is 2.17. The molecular weight excluding hydrogens is 220 g/mol. The second kappa shape index (κ2) is 6.20. The van der Waals surface area contributed by atoms with Crippen LogP contribution in [0.5, 0.6) is 0 Å². The molecule has 0 fully saturated rings. The van der Waals surface area contributed by atoms with Crippen molar-refractivity contribution in [3.63, 3.8) is 0 Å². The fourth-order valence-electron chi connectivity index (χ4n) is 1.62. The molecule has 1 aromatic heterocycles. The Labute approximate surface area is 100 Å². The van der Waals surface area contributed by atoms with Crippen LogP contribution in [0, 0.1) is 6.92 Å². The van der Waals surface area contributed by atoms with E-state index in [0.717, 1.165) is 12.1 Å². The molecule has 1 rings (SSSR count). The number of amides is 1. The topological polar surface area (TPSA) is 73.4 Å². The highest BCUT2D eigenvalue weighted by molar-refractivity contribution is 5.93. The molecule has 1 aromatic rings. The Morgan fingerprint density at radius 3 is 2.71 bits per heavy atom. The van der Waals surface area contributed by atoms with E-state index in [1.165, 1.54) is 17.2 Å². The predicted molar refractivity (Wildman–Crippen MR) is 65.1 cm³/mol. The van der Waals surface area contributed by atoms with Gasteiger partial charge in [0.2, 0.25) is 0 Å². The normalized spacial score (nSPS) is 10.3. The average Bonchev–Trinajstić information content (AvgIpc) is 2.28. The van der Waals surface area contributed by atoms with E-state index in [4.69, 9.17) is 5.11 Å². The van der Waals surface area contributed by atoms with Crippen molar-refractivity contribution in [2.45, 2.75) is 20.3 Å². The van der Waals surface area contributed by atoms with Crippen molar-refractivity contribution in [2.24, 2.45) is 0 Å². The highest BCUT2D eigenvalue weighted by atomic mass is 16.3. The summed E-state index contributed by atoms with van der Waals surface area (Å²) in [5.41, 5.74) is 0.554. The van der Waals surface area contributed by atoms with E-state index in [-0.39, 0.29) is 30.1 Å². The zero-order valence-electron chi connectivity index (χ0n) is 10.2. The van der Waals surface area contributed by atoms with Gasteiger partial charge in [0.25, 0.3) is 5.91 Å². The number of pyridine rings is 1.